The molecule has 0 radical (unpaired) electrons. The predicted octanol–water partition coefficient (Wildman–Crippen LogP) is 4.25. The number of anilines is 2. The number of nitro benzene ring substituents is 1. The molecule has 1 saturated heterocycles. The zero-order chi connectivity index (χ0) is 21.4. The van der Waals surface area contributed by atoms with Crippen LogP contribution in [-0.2, 0) is 11.2 Å². The van der Waals surface area contributed by atoms with Crippen LogP contribution in [0.25, 0.3) is 11.1 Å². The fraction of sp³-hybridized carbons (Fsp3) is 0.208. The van der Waals surface area contributed by atoms with E-state index in [2.05, 4.69) is 17.4 Å². The summed E-state index contributed by atoms with van der Waals surface area (Å²) in [5, 5.41) is 14.5. The molecule has 156 valence electrons. The SMILES string of the molecule is O=C(Nc1ccc2c(c1)Cc1ccccc1-2)c1ccc(N2CCOCC2)c([N+](=O)[O-])c1. The van der Waals surface area contributed by atoms with Crippen molar-refractivity contribution in [3.63, 3.8) is 0 Å². The fourth-order valence-electron chi connectivity index (χ4n) is 4.31. The number of nitrogens with zero attached hydrogens (tertiary/aromatic N) is 2. The summed E-state index contributed by atoms with van der Waals surface area (Å²) in [6.45, 7) is 2.23. The van der Waals surface area contributed by atoms with Crippen molar-refractivity contribution in [1.29, 1.82) is 0 Å². The molecule has 3 aromatic rings. The van der Waals surface area contributed by atoms with Gasteiger partial charge in [0.15, 0.2) is 0 Å². The van der Waals surface area contributed by atoms with E-state index in [-0.39, 0.29) is 17.2 Å². The van der Waals surface area contributed by atoms with Gasteiger partial charge in [-0.15, -0.1) is 0 Å². The van der Waals surface area contributed by atoms with Crippen molar-refractivity contribution >= 4 is 23.0 Å². The summed E-state index contributed by atoms with van der Waals surface area (Å²) in [7, 11) is 0. The molecule has 0 spiro atoms. The predicted molar refractivity (Wildman–Crippen MR) is 119 cm³/mol. The number of carbonyl (C=O) groups is 1. The smallest absolute Gasteiger partial charge is 0.293 e. The van der Waals surface area contributed by atoms with Crippen LogP contribution in [0, 0.1) is 10.1 Å². The van der Waals surface area contributed by atoms with Gasteiger partial charge in [-0.25, -0.2) is 0 Å². The first kappa shape index (κ1) is 19.3. The average molecular weight is 415 g/mol. The Morgan fingerprint density at radius 3 is 2.55 bits per heavy atom. The molecule has 1 N–H and O–H groups in total. The lowest BCUT2D eigenvalue weighted by Crippen LogP contribution is -2.36. The van der Waals surface area contributed by atoms with Gasteiger partial charge >= 0.3 is 0 Å². The Labute approximate surface area is 179 Å². The Bertz CT molecular complexity index is 1190. The third-order valence-corrected chi connectivity index (χ3v) is 5.84. The van der Waals surface area contributed by atoms with E-state index >= 15 is 0 Å². The molecule has 7 heteroatoms. The summed E-state index contributed by atoms with van der Waals surface area (Å²) in [6.07, 6.45) is 0.828. The van der Waals surface area contributed by atoms with Gasteiger partial charge < -0.3 is 15.0 Å². The minimum atomic E-state index is -0.436. The first-order chi connectivity index (χ1) is 15.1. The molecule has 1 heterocycles. The number of amides is 1. The minimum Gasteiger partial charge on any atom is -0.378 e. The van der Waals surface area contributed by atoms with Crippen LogP contribution in [0.2, 0.25) is 0 Å². The first-order valence-corrected chi connectivity index (χ1v) is 10.2. The van der Waals surface area contributed by atoms with E-state index in [9.17, 15) is 14.9 Å². The van der Waals surface area contributed by atoms with Gasteiger partial charge in [-0.1, -0.05) is 30.3 Å². The summed E-state index contributed by atoms with van der Waals surface area (Å²) >= 11 is 0. The Morgan fingerprint density at radius 1 is 0.968 bits per heavy atom. The zero-order valence-electron chi connectivity index (χ0n) is 16.8. The maximum atomic E-state index is 12.8. The van der Waals surface area contributed by atoms with Crippen LogP contribution < -0.4 is 10.2 Å². The third-order valence-electron chi connectivity index (χ3n) is 5.84. The Morgan fingerprint density at radius 2 is 1.74 bits per heavy atom. The maximum Gasteiger partial charge on any atom is 0.293 e. The third kappa shape index (κ3) is 3.64. The molecule has 0 saturated carbocycles. The van der Waals surface area contributed by atoms with Gasteiger partial charge in [0.1, 0.15) is 5.69 Å². The number of carbonyl (C=O) groups excluding carboxylic acids is 1. The quantitative estimate of drug-likeness (QED) is 0.398. The monoisotopic (exact) mass is 415 g/mol. The van der Waals surface area contributed by atoms with E-state index in [1.165, 1.54) is 22.8 Å². The summed E-state index contributed by atoms with van der Waals surface area (Å²) in [6, 6.07) is 18.8. The highest BCUT2D eigenvalue weighted by atomic mass is 16.6. The molecule has 0 unspecified atom stereocenters. The van der Waals surface area contributed by atoms with Crippen LogP contribution in [0.5, 0.6) is 0 Å². The van der Waals surface area contributed by atoms with Crippen LogP contribution in [0.4, 0.5) is 17.1 Å². The van der Waals surface area contributed by atoms with Gasteiger partial charge in [0.25, 0.3) is 11.6 Å². The number of ether oxygens (including phenoxy) is 1. The normalized spacial score (nSPS) is 14.6. The molecule has 0 aromatic heterocycles. The number of morpholine rings is 1. The molecule has 1 aliphatic heterocycles. The molecule has 1 aliphatic carbocycles. The van der Waals surface area contributed by atoms with Crippen molar-refractivity contribution in [2.75, 3.05) is 36.5 Å². The maximum absolute atomic E-state index is 12.8. The molecular weight excluding hydrogens is 394 g/mol. The van der Waals surface area contributed by atoms with Gasteiger partial charge in [0, 0.05) is 30.4 Å². The van der Waals surface area contributed by atoms with Crippen molar-refractivity contribution in [2.24, 2.45) is 0 Å². The Balaban J connectivity index is 1.38. The second-order valence-corrected chi connectivity index (χ2v) is 7.72. The summed E-state index contributed by atoms with van der Waals surface area (Å²) in [4.78, 5) is 26.0. The fourth-order valence-corrected chi connectivity index (χ4v) is 4.31. The van der Waals surface area contributed by atoms with Crippen LogP contribution in [0.3, 0.4) is 0 Å². The lowest BCUT2D eigenvalue weighted by molar-refractivity contribution is -0.384. The summed E-state index contributed by atoms with van der Waals surface area (Å²) in [5.74, 6) is -0.368. The van der Waals surface area contributed by atoms with Gasteiger partial charge in [0.2, 0.25) is 0 Å². The van der Waals surface area contributed by atoms with Gasteiger partial charge in [-0.3, -0.25) is 14.9 Å². The van der Waals surface area contributed by atoms with Crippen LogP contribution in [-0.4, -0.2) is 37.1 Å². The van der Waals surface area contributed by atoms with Crippen LogP contribution in [0.1, 0.15) is 21.5 Å². The molecule has 31 heavy (non-hydrogen) atoms. The molecule has 1 fully saturated rings. The lowest BCUT2D eigenvalue weighted by Gasteiger charge is -2.28. The Hall–Kier alpha value is -3.71. The molecule has 2 aliphatic rings. The second kappa shape index (κ2) is 7.85. The van der Waals surface area contributed by atoms with E-state index < -0.39 is 4.92 Å². The van der Waals surface area contributed by atoms with Gasteiger partial charge in [0.05, 0.1) is 18.1 Å². The van der Waals surface area contributed by atoms with Crippen LogP contribution >= 0.6 is 0 Å². The highest BCUT2D eigenvalue weighted by Gasteiger charge is 2.24. The topological polar surface area (TPSA) is 84.7 Å². The second-order valence-electron chi connectivity index (χ2n) is 7.72. The standard InChI is InChI=1S/C24H21N3O4/c28-24(17-5-8-22(23(15-17)27(29)30)26-9-11-31-12-10-26)25-19-6-7-21-18(14-19)13-16-3-1-2-4-20(16)21/h1-8,14-15H,9-13H2,(H,25,28). The molecular formula is C24H21N3O4. The number of nitro groups is 1. The molecule has 0 atom stereocenters. The average Bonchev–Trinajstić information content (AvgIpc) is 3.17. The molecule has 1 amide bonds. The van der Waals surface area contributed by atoms with E-state index in [1.54, 1.807) is 12.1 Å². The van der Waals surface area contributed by atoms with Crippen molar-refractivity contribution in [3.8, 4) is 11.1 Å². The first-order valence-electron chi connectivity index (χ1n) is 10.2. The number of hydrogen-bond acceptors (Lipinski definition) is 5. The summed E-state index contributed by atoms with van der Waals surface area (Å²) in [5.41, 5.74) is 6.22. The molecule has 3 aromatic carbocycles. The molecule has 0 bridgehead atoms. The van der Waals surface area contributed by atoms with Crippen molar-refractivity contribution in [3.05, 3.63) is 87.5 Å². The number of hydrogen-bond donors (Lipinski definition) is 1. The number of nitrogens with one attached hydrogen (secondary N) is 1. The Kier molecular flexibility index (Phi) is 4.88. The minimum absolute atomic E-state index is 0.0704. The van der Waals surface area contributed by atoms with Gasteiger partial charge in [-0.05, 0) is 52.9 Å². The van der Waals surface area contributed by atoms with E-state index in [1.807, 2.05) is 35.2 Å². The number of rotatable bonds is 4. The van der Waals surface area contributed by atoms with Crippen LogP contribution in [0.15, 0.2) is 60.7 Å². The summed E-state index contributed by atoms with van der Waals surface area (Å²) < 4.78 is 5.33. The molecule has 5 rings (SSSR count). The lowest BCUT2D eigenvalue weighted by atomic mass is 10.1. The number of benzene rings is 3. The molecule has 7 nitrogen and oxygen atoms in total. The van der Waals surface area contributed by atoms with Crippen molar-refractivity contribution < 1.29 is 14.5 Å². The van der Waals surface area contributed by atoms with Crippen molar-refractivity contribution in [1.82, 2.24) is 0 Å². The highest BCUT2D eigenvalue weighted by molar-refractivity contribution is 6.05. The largest absolute Gasteiger partial charge is 0.378 e. The number of fused-ring (bicyclic) bond motifs is 3. The van der Waals surface area contributed by atoms with E-state index in [4.69, 9.17) is 4.74 Å². The van der Waals surface area contributed by atoms with Gasteiger partial charge in [-0.2, -0.15) is 0 Å². The van der Waals surface area contributed by atoms with E-state index in [0.29, 0.717) is 37.7 Å². The zero-order valence-corrected chi connectivity index (χ0v) is 16.8. The highest BCUT2D eigenvalue weighted by Crippen LogP contribution is 2.37. The van der Waals surface area contributed by atoms with E-state index in [0.717, 1.165) is 12.0 Å². The van der Waals surface area contributed by atoms with Crippen molar-refractivity contribution in [2.45, 2.75) is 6.42 Å².